The molecular weight excluding hydrogens is 382 g/mol. The van der Waals surface area contributed by atoms with Gasteiger partial charge in [-0.15, -0.1) is 0 Å². The van der Waals surface area contributed by atoms with Crippen LogP contribution < -0.4 is 10.8 Å². The summed E-state index contributed by atoms with van der Waals surface area (Å²) in [5, 5.41) is 10.2. The van der Waals surface area contributed by atoms with E-state index >= 15 is 0 Å². The molecule has 3 N–H and O–H groups in total. The second kappa shape index (κ2) is 31.6. The van der Waals surface area contributed by atoms with Gasteiger partial charge in [-0.2, -0.15) is 0 Å². The van der Waals surface area contributed by atoms with Crippen molar-refractivity contribution in [2.24, 2.45) is 0 Å². The number of hydrogen-bond donors (Lipinski definition) is 1. The molecular formula is C28H59NO2. The van der Waals surface area contributed by atoms with Gasteiger partial charge in [0.1, 0.15) is 0 Å². The molecule has 0 saturated carbocycles. The molecule has 0 bridgehead atoms. The summed E-state index contributed by atoms with van der Waals surface area (Å²) in [6, 6.07) is 0. The van der Waals surface area contributed by atoms with Crippen molar-refractivity contribution in [1.29, 1.82) is 0 Å². The Morgan fingerprint density at radius 3 is 1.00 bits per heavy atom. The summed E-state index contributed by atoms with van der Waals surface area (Å²) in [5.74, 6) is -0.903. The molecule has 0 spiro atoms. The molecule has 0 saturated heterocycles. The van der Waals surface area contributed by atoms with Gasteiger partial charge in [-0.3, -0.25) is 0 Å². The van der Waals surface area contributed by atoms with Gasteiger partial charge in [0.05, 0.1) is 6.54 Å². The molecule has 0 unspecified atom stereocenters. The average Bonchev–Trinajstić information content (AvgIpc) is 2.76. The lowest BCUT2D eigenvalue weighted by atomic mass is 10.0. The third-order valence-electron chi connectivity index (χ3n) is 6.09. The van der Waals surface area contributed by atoms with Crippen molar-refractivity contribution in [3.05, 3.63) is 0 Å². The van der Waals surface area contributed by atoms with Crippen molar-refractivity contribution >= 4 is 5.97 Å². The Hall–Kier alpha value is -0.570. The van der Waals surface area contributed by atoms with Crippen LogP contribution in [0.5, 0.6) is 0 Å². The number of aliphatic carboxylic acids is 1. The van der Waals surface area contributed by atoms with Crippen molar-refractivity contribution < 1.29 is 15.6 Å². The van der Waals surface area contributed by atoms with Gasteiger partial charge < -0.3 is 15.6 Å². The van der Waals surface area contributed by atoms with Gasteiger partial charge in [-0.25, -0.2) is 0 Å². The van der Waals surface area contributed by atoms with Crippen molar-refractivity contribution in [3.63, 3.8) is 0 Å². The number of hydrogen-bond acceptors (Lipinski definition) is 2. The normalized spacial score (nSPS) is 10.7. The van der Waals surface area contributed by atoms with Crippen molar-refractivity contribution in [2.75, 3.05) is 6.54 Å². The first kappa shape index (κ1) is 32.6. The van der Waals surface area contributed by atoms with E-state index in [0.29, 0.717) is 0 Å². The van der Waals surface area contributed by atoms with Gasteiger partial charge in [-0.1, -0.05) is 142 Å². The van der Waals surface area contributed by atoms with Gasteiger partial charge >= 0.3 is 0 Å². The molecule has 0 aromatic carbocycles. The molecule has 0 aliphatic rings. The Balaban J connectivity index is 0. The zero-order valence-corrected chi connectivity index (χ0v) is 21.7. The van der Waals surface area contributed by atoms with Crippen LogP contribution in [0.3, 0.4) is 0 Å². The Morgan fingerprint density at radius 2 is 0.742 bits per heavy atom. The molecule has 0 atom stereocenters. The van der Waals surface area contributed by atoms with E-state index in [0.717, 1.165) is 19.4 Å². The number of carboxylic acids is 1. The van der Waals surface area contributed by atoms with Crippen molar-refractivity contribution in [2.45, 2.75) is 168 Å². The average molecular weight is 442 g/mol. The Kier molecular flexibility index (Phi) is 33.3. The third kappa shape index (κ3) is 37.1. The quantitative estimate of drug-likeness (QED) is 0.159. The molecule has 0 fully saturated rings. The second-order valence-corrected chi connectivity index (χ2v) is 9.40. The van der Waals surface area contributed by atoms with Crippen LogP contribution in [0.25, 0.3) is 0 Å². The predicted octanol–water partition coefficient (Wildman–Crippen LogP) is 7.37. The highest BCUT2D eigenvalue weighted by atomic mass is 16.4. The first-order valence-electron chi connectivity index (χ1n) is 14.2. The number of quaternary nitrogens is 1. The summed E-state index contributed by atoms with van der Waals surface area (Å²) in [7, 11) is 0. The van der Waals surface area contributed by atoms with Gasteiger partial charge in [0, 0.05) is 5.97 Å². The Morgan fingerprint density at radius 1 is 0.484 bits per heavy atom. The van der Waals surface area contributed by atoms with E-state index in [1.807, 2.05) is 0 Å². The number of carbonyl (C=O) groups is 1. The monoisotopic (exact) mass is 441 g/mol. The van der Waals surface area contributed by atoms with Crippen LogP contribution in [-0.4, -0.2) is 12.5 Å². The number of carboxylic acid groups (broad SMARTS) is 1. The van der Waals surface area contributed by atoms with Gasteiger partial charge in [0.25, 0.3) is 0 Å². The molecule has 0 aromatic rings. The minimum absolute atomic E-state index is 0.234. The maximum Gasteiger partial charge on any atom is 0.0739 e. The first-order valence-corrected chi connectivity index (χ1v) is 14.2. The summed E-state index contributed by atoms with van der Waals surface area (Å²) >= 11 is 0. The van der Waals surface area contributed by atoms with Crippen LogP contribution in [0.4, 0.5) is 0 Å². The lowest BCUT2D eigenvalue weighted by molar-refractivity contribution is -0.368. The topological polar surface area (TPSA) is 67.8 Å². The van der Waals surface area contributed by atoms with Crippen LogP contribution in [0, 0.1) is 0 Å². The molecule has 3 nitrogen and oxygen atoms in total. The van der Waals surface area contributed by atoms with Crippen LogP contribution in [0.2, 0.25) is 0 Å². The van der Waals surface area contributed by atoms with Gasteiger partial charge in [0.2, 0.25) is 0 Å². The molecule has 0 aromatic heterocycles. The highest BCUT2D eigenvalue weighted by Gasteiger charge is 1.94. The summed E-state index contributed by atoms with van der Waals surface area (Å²) in [4.78, 5) is 10.2. The molecule has 31 heavy (non-hydrogen) atoms. The number of rotatable bonds is 24. The van der Waals surface area contributed by atoms with Crippen LogP contribution in [0.1, 0.15) is 168 Å². The molecule has 0 heterocycles. The van der Waals surface area contributed by atoms with Crippen LogP contribution in [0.15, 0.2) is 0 Å². The molecule has 0 amide bonds. The SMILES string of the molecule is CCCCCCCCCCCCCCCCCC(=O)[O-].CCCCCCCCCC[NH3+]. The fraction of sp³-hybridized carbons (Fsp3) is 0.964. The van der Waals surface area contributed by atoms with Crippen molar-refractivity contribution in [3.8, 4) is 0 Å². The minimum Gasteiger partial charge on any atom is -0.550 e. The molecule has 0 rings (SSSR count). The van der Waals surface area contributed by atoms with E-state index in [4.69, 9.17) is 0 Å². The number of unbranched alkanes of at least 4 members (excludes halogenated alkanes) is 21. The zero-order valence-electron chi connectivity index (χ0n) is 21.7. The summed E-state index contributed by atoms with van der Waals surface area (Å²) in [6.45, 7) is 5.65. The third-order valence-corrected chi connectivity index (χ3v) is 6.09. The number of carbonyl (C=O) groups excluding carboxylic acids is 1. The molecule has 0 radical (unpaired) electrons. The Labute approximate surface area is 196 Å². The highest BCUT2D eigenvalue weighted by Crippen LogP contribution is 2.13. The first-order chi connectivity index (χ1) is 15.2. The van der Waals surface area contributed by atoms with Crippen LogP contribution in [-0.2, 0) is 4.79 Å². The van der Waals surface area contributed by atoms with Crippen molar-refractivity contribution in [1.82, 2.24) is 0 Å². The summed E-state index contributed by atoms with van der Waals surface area (Å²) < 4.78 is 0. The minimum atomic E-state index is -0.903. The van der Waals surface area contributed by atoms with Crippen LogP contribution >= 0.6 is 0 Å². The van der Waals surface area contributed by atoms with E-state index in [9.17, 15) is 9.90 Å². The standard InChI is InChI=1S/C18H36O2.C10H23N/c1-2-3-4-5-6-7-8-9-10-11-12-13-14-15-16-17-18(19)20;1-2-3-4-5-6-7-8-9-10-11/h2-17H2,1H3,(H,19,20);2-11H2,1H3. The molecule has 0 aliphatic heterocycles. The second-order valence-electron chi connectivity index (χ2n) is 9.40. The molecule has 3 heteroatoms. The van der Waals surface area contributed by atoms with Gasteiger partial charge in [0.15, 0.2) is 0 Å². The molecule has 0 aliphatic carbocycles. The van der Waals surface area contributed by atoms with E-state index in [-0.39, 0.29) is 6.42 Å². The molecule has 188 valence electrons. The zero-order chi connectivity index (χ0) is 23.3. The Bertz CT molecular complexity index is 312. The predicted molar refractivity (Wildman–Crippen MR) is 135 cm³/mol. The van der Waals surface area contributed by atoms with E-state index in [1.165, 1.54) is 135 Å². The van der Waals surface area contributed by atoms with E-state index in [1.54, 1.807) is 0 Å². The summed E-state index contributed by atoms with van der Waals surface area (Å²) in [6.07, 6.45) is 31.1. The van der Waals surface area contributed by atoms with E-state index < -0.39 is 5.97 Å². The maximum atomic E-state index is 10.2. The van der Waals surface area contributed by atoms with Gasteiger partial charge in [-0.05, 0) is 25.7 Å². The smallest absolute Gasteiger partial charge is 0.0739 e. The fourth-order valence-electron chi connectivity index (χ4n) is 3.95. The maximum absolute atomic E-state index is 10.2. The van der Waals surface area contributed by atoms with E-state index in [2.05, 4.69) is 19.6 Å². The largest absolute Gasteiger partial charge is 0.550 e. The lowest BCUT2D eigenvalue weighted by Crippen LogP contribution is -2.50. The highest BCUT2D eigenvalue weighted by molar-refractivity contribution is 5.63. The summed E-state index contributed by atoms with van der Waals surface area (Å²) in [5.41, 5.74) is 3.83. The lowest BCUT2D eigenvalue weighted by Gasteiger charge is -2.04. The fourth-order valence-corrected chi connectivity index (χ4v) is 3.95.